The van der Waals surface area contributed by atoms with Gasteiger partial charge in [-0.15, -0.1) is 0 Å². The van der Waals surface area contributed by atoms with Crippen molar-refractivity contribution in [2.75, 3.05) is 38.6 Å². The van der Waals surface area contributed by atoms with Crippen molar-refractivity contribution in [3.05, 3.63) is 21.2 Å². The van der Waals surface area contributed by atoms with Crippen LogP contribution in [0.15, 0.2) is 4.79 Å². The van der Waals surface area contributed by atoms with E-state index in [-0.39, 0.29) is 10.6 Å². The minimum atomic E-state index is -0.311. The molecule has 0 amide bonds. The first-order valence-corrected chi connectivity index (χ1v) is 7.74. The second-order valence-electron chi connectivity index (χ2n) is 5.47. The van der Waals surface area contributed by atoms with Crippen LogP contribution in [0, 0.1) is 6.92 Å². The van der Waals surface area contributed by atoms with Crippen LogP contribution in [0.25, 0.3) is 0 Å². The Balaban J connectivity index is 1.67. The van der Waals surface area contributed by atoms with Crippen LogP contribution in [0.2, 0.25) is 5.02 Å². The molecule has 1 aromatic heterocycles. The first kappa shape index (κ1) is 16.3. The van der Waals surface area contributed by atoms with Gasteiger partial charge >= 0.3 is 0 Å². The second-order valence-corrected chi connectivity index (χ2v) is 5.85. The zero-order valence-corrected chi connectivity index (χ0v) is 13.4. The predicted molar refractivity (Wildman–Crippen MR) is 84.2 cm³/mol. The van der Waals surface area contributed by atoms with Crippen LogP contribution < -0.4 is 10.9 Å². The molecule has 1 aliphatic heterocycles. The number of ether oxygens (including phenoxy) is 1. The third-order valence-corrected chi connectivity index (χ3v) is 3.96. The summed E-state index contributed by atoms with van der Waals surface area (Å²) in [5.74, 6) is 0.992. The van der Waals surface area contributed by atoms with Crippen molar-refractivity contribution < 1.29 is 4.74 Å². The molecule has 0 atom stereocenters. The zero-order chi connectivity index (χ0) is 15.2. The summed E-state index contributed by atoms with van der Waals surface area (Å²) in [7, 11) is 2.14. The second kappa shape index (κ2) is 7.77. The Morgan fingerprint density at radius 1 is 1.48 bits per heavy atom. The highest BCUT2D eigenvalue weighted by Gasteiger charge is 2.16. The maximum absolute atomic E-state index is 11.5. The number of H-pyrrole nitrogens is 1. The minimum absolute atomic E-state index is 0.108. The fourth-order valence-electron chi connectivity index (χ4n) is 2.37. The quantitative estimate of drug-likeness (QED) is 0.781. The lowest BCUT2D eigenvalue weighted by Crippen LogP contribution is -2.34. The van der Waals surface area contributed by atoms with E-state index >= 15 is 0 Å². The molecule has 1 saturated heterocycles. The van der Waals surface area contributed by atoms with Gasteiger partial charge < -0.3 is 19.9 Å². The summed E-state index contributed by atoms with van der Waals surface area (Å²) in [6, 6.07) is 0. The maximum atomic E-state index is 11.5. The van der Waals surface area contributed by atoms with Crippen molar-refractivity contribution in [1.29, 1.82) is 0 Å². The van der Waals surface area contributed by atoms with E-state index in [0.29, 0.717) is 30.9 Å². The Bertz CT molecular complexity index is 512. The summed E-state index contributed by atoms with van der Waals surface area (Å²) in [5, 5.41) is 3.20. The van der Waals surface area contributed by atoms with E-state index in [2.05, 4.69) is 27.2 Å². The summed E-state index contributed by atoms with van der Waals surface area (Å²) in [5.41, 5.74) is -0.311. The molecule has 21 heavy (non-hydrogen) atoms. The van der Waals surface area contributed by atoms with Crippen LogP contribution in [0.3, 0.4) is 0 Å². The number of halogens is 1. The van der Waals surface area contributed by atoms with E-state index in [0.717, 1.165) is 32.4 Å². The Labute approximate surface area is 129 Å². The van der Waals surface area contributed by atoms with E-state index in [1.165, 1.54) is 0 Å². The van der Waals surface area contributed by atoms with Gasteiger partial charge in [-0.1, -0.05) is 11.6 Å². The molecule has 6 nitrogen and oxygen atoms in total. The number of likely N-dealkylation sites (tertiary alicyclic amines) is 1. The molecule has 0 radical (unpaired) electrons. The highest BCUT2D eigenvalue weighted by molar-refractivity contribution is 6.32. The van der Waals surface area contributed by atoms with Gasteiger partial charge in [-0.25, -0.2) is 4.98 Å². The van der Waals surface area contributed by atoms with Crippen molar-refractivity contribution >= 4 is 17.4 Å². The average Bonchev–Trinajstić information content (AvgIpc) is 2.45. The largest absolute Gasteiger partial charge is 0.378 e. The maximum Gasteiger partial charge on any atom is 0.271 e. The third-order valence-electron chi connectivity index (χ3n) is 3.61. The molecule has 2 heterocycles. The number of aromatic amines is 1. The molecule has 0 aromatic carbocycles. The Hall–Kier alpha value is -1.11. The molecule has 1 fully saturated rings. The number of hydrogen-bond acceptors (Lipinski definition) is 5. The average molecular weight is 315 g/mol. The normalized spacial score (nSPS) is 17.1. The third kappa shape index (κ3) is 4.98. The van der Waals surface area contributed by atoms with Crippen LogP contribution in [0.1, 0.15) is 25.1 Å². The fourth-order valence-corrected chi connectivity index (χ4v) is 2.53. The molecule has 2 N–H and O–H groups in total. The topological polar surface area (TPSA) is 70.2 Å². The summed E-state index contributed by atoms with van der Waals surface area (Å²) in [4.78, 5) is 20.6. The van der Waals surface area contributed by atoms with Crippen molar-refractivity contribution in [2.24, 2.45) is 0 Å². The van der Waals surface area contributed by atoms with Crippen molar-refractivity contribution in [2.45, 2.75) is 32.3 Å². The van der Waals surface area contributed by atoms with Gasteiger partial charge in [0.25, 0.3) is 5.56 Å². The molecule has 1 aliphatic rings. The van der Waals surface area contributed by atoms with Crippen molar-refractivity contribution in [3.63, 3.8) is 0 Å². The molecule has 118 valence electrons. The molecule has 0 spiro atoms. The Kier molecular flexibility index (Phi) is 6.02. The van der Waals surface area contributed by atoms with Crippen LogP contribution in [0.4, 0.5) is 5.82 Å². The van der Waals surface area contributed by atoms with Gasteiger partial charge in [0.1, 0.15) is 10.8 Å². The van der Waals surface area contributed by atoms with E-state index in [1.807, 2.05) is 0 Å². The number of rotatable bonds is 6. The highest BCUT2D eigenvalue weighted by atomic mass is 35.5. The summed E-state index contributed by atoms with van der Waals surface area (Å²) in [6.45, 7) is 5.33. The van der Waals surface area contributed by atoms with Gasteiger partial charge in [0.2, 0.25) is 0 Å². The number of nitrogens with one attached hydrogen (secondary N) is 2. The standard InChI is InChI=1S/C14H23ClN4O2/c1-10-17-13(12(15)14(20)18-10)16-6-3-9-21-11-4-7-19(2)8-5-11/h11H,3-9H2,1-2H3,(H2,16,17,18,20). The van der Waals surface area contributed by atoms with Crippen LogP contribution in [0.5, 0.6) is 0 Å². The number of nitrogens with zero attached hydrogens (tertiary/aromatic N) is 2. The number of aryl methyl sites for hydroxylation is 1. The van der Waals surface area contributed by atoms with E-state index in [4.69, 9.17) is 16.3 Å². The van der Waals surface area contributed by atoms with Gasteiger partial charge in [-0.2, -0.15) is 0 Å². The van der Waals surface area contributed by atoms with Gasteiger partial charge in [0.05, 0.1) is 6.10 Å². The number of aromatic nitrogens is 2. The zero-order valence-electron chi connectivity index (χ0n) is 12.6. The SMILES string of the molecule is Cc1nc(NCCCOC2CCN(C)CC2)c(Cl)c(=O)[nH]1. The molecular weight excluding hydrogens is 292 g/mol. The molecule has 1 aromatic rings. The van der Waals surface area contributed by atoms with Gasteiger partial charge in [0, 0.05) is 26.2 Å². The summed E-state index contributed by atoms with van der Waals surface area (Å²) >= 11 is 5.91. The Morgan fingerprint density at radius 2 is 2.19 bits per heavy atom. The van der Waals surface area contributed by atoms with Gasteiger partial charge in [0.15, 0.2) is 5.82 Å². The van der Waals surface area contributed by atoms with E-state index < -0.39 is 0 Å². The lowest BCUT2D eigenvalue weighted by Gasteiger charge is -2.28. The number of piperidine rings is 1. The lowest BCUT2D eigenvalue weighted by molar-refractivity contribution is 0.0125. The molecule has 0 bridgehead atoms. The minimum Gasteiger partial charge on any atom is -0.378 e. The smallest absolute Gasteiger partial charge is 0.271 e. The molecule has 2 rings (SSSR count). The molecule has 0 aliphatic carbocycles. The molecule has 0 unspecified atom stereocenters. The number of hydrogen-bond donors (Lipinski definition) is 2. The summed E-state index contributed by atoms with van der Waals surface area (Å²) < 4.78 is 5.86. The lowest BCUT2D eigenvalue weighted by atomic mass is 10.1. The van der Waals surface area contributed by atoms with Crippen molar-refractivity contribution in [3.8, 4) is 0 Å². The molecule has 7 heteroatoms. The van der Waals surface area contributed by atoms with Crippen molar-refractivity contribution in [1.82, 2.24) is 14.9 Å². The van der Waals surface area contributed by atoms with Crippen LogP contribution in [-0.4, -0.2) is 54.3 Å². The predicted octanol–water partition coefficient (Wildman–Crippen LogP) is 1.64. The highest BCUT2D eigenvalue weighted by Crippen LogP contribution is 2.14. The monoisotopic (exact) mass is 314 g/mol. The fraction of sp³-hybridized carbons (Fsp3) is 0.714. The molecule has 0 saturated carbocycles. The Morgan fingerprint density at radius 3 is 2.90 bits per heavy atom. The van der Waals surface area contributed by atoms with Gasteiger partial charge in [-0.05, 0) is 33.2 Å². The molecular formula is C14H23ClN4O2. The van der Waals surface area contributed by atoms with Crippen LogP contribution >= 0.6 is 11.6 Å². The van der Waals surface area contributed by atoms with Gasteiger partial charge in [-0.3, -0.25) is 4.79 Å². The summed E-state index contributed by atoms with van der Waals surface area (Å²) in [6.07, 6.45) is 3.44. The first-order valence-electron chi connectivity index (χ1n) is 7.36. The van der Waals surface area contributed by atoms with E-state index in [1.54, 1.807) is 6.92 Å². The number of anilines is 1. The first-order chi connectivity index (χ1) is 10.1. The van der Waals surface area contributed by atoms with Crippen LogP contribution in [-0.2, 0) is 4.74 Å². The van der Waals surface area contributed by atoms with E-state index in [9.17, 15) is 4.79 Å².